The molecule has 8 heteroatoms. The number of nitrogens with two attached hydrogens (primary N) is 2. The highest BCUT2D eigenvalue weighted by Crippen LogP contribution is 2.34. The van der Waals surface area contributed by atoms with E-state index in [0.717, 1.165) is 34.7 Å². The van der Waals surface area contributed by atoms with Crippen molar-refractivity contribution in [2.24, 2.45) is 11.7 Å². The number of piperidine rings is 1. The summed E-state index contributed by atoms with van der Waals surface area (Å²) < 4.78 is 0. The van der Waals surface area contributed by atoms with Crippen LogP contribution in [0.15, 0.2) is 34.6 Å². The second-order valence-corrected chi connectivity index (χ2v) is 6.93. The maximum atomic E-state index is 6.15. The Bertz CT molecular complexity index is 644. The molecule has 0 aromatic carbocycles. The summed E-state index contributed by atoms with van der Waals surface area (Å²) in [5, 5.41) is 1.25. The average Bonchev–Trinajstić information content (AvgIpc) is 2.62. The van der Waals surface area contributed by atoms with Gasteiger partial charge in [-0.2, -0.15) is 0 Å². The standard InChI is InChI=1S/C15H18ClN5S.CH5N/c1-10-3-6-21(7-4-10)12-8-20-13(9-19-12)22-11-2-5-18-15(17)14(11)16;1-2/h2,5,8-10H,3-4,6-7H2,1H3,(H2,17,18);2H2,1H3. The van der Waals surface area contributed by atoms with Crippen molar-refractivity contribution in [2.45, 2.75) is 29.7 Å². The highest BCUT2D eigenvalue weighted by Gasteiger charge is 2.17. The lowest BCUT2D eigenvalue weighted by Gasteiger charge is -2.30. The van der Waals surface area contributed by atoms with Gasteiger partial charge in [0.25, 0.3) is 0 Å². The molecule has 0 amide bonds. The quantitative estimate of drug-likeness (QED) is 0.861. The van der Waals surface area contributed by atoms with Gasteiger partial charge < -0.3 is 16.4 Å². The molecule has 0 spiro atoms. The van der Waals surface area contributed by atoms with Crippen LogP contribution in [0.1, 0.15) is 19.8 Å². The van der Waals surface area contributed by atoms with E-state index in [0.29, 0.717) is 10.8 Å². The molecule has 1 aliphatic heterocycles. The first-order chi connectivity index (χ1) is 11.6. The van der Waals surface area contributed by atoms with Gasteiger partial charge in [0.2, 0.25) is 0 Å². The van der Waals surface area contributed by atoms with E-state index in [9.17, 15) is 0 Å². The SMILES string of the molecule is CC1CCN(c2cnc(Sc3ccnc(N)c3Cl)cn2)CC1.CN. The van der Waals surface area contributed by atoms with Gasteiger partial charge in [0.1, 0.15) is 16.7 Å². The molecule has 0 radical (unpaired) electrons. The number of nitrogens with zero attached hydrogens (tertiary/aromatic N) is 4. The fraction of sp³-hybridized carbons (Fsp3) is 0.438. The van der Waals surface area contributed by atoms with Gasteiger partial charge in [0.05, 0.1) is 17.4 Å². The van der Waals surface area contributed by atoms with E-state index in [2.05, 4.69) is 32.5 Å². The summed E-state index contributed by atoms with van der Waals surface area (Å²) in [5.41, 5.74) is 10.2. The number of hydrogen-bond acceptors (Lipinski definition) is 7. The van der Waals surface area contributed by atoms with Gasteiger partial charge in [-0.3, -0.25) is 0 Å². The Morgan fingerprint density at radius 1 is 1.17 bits per heavy atom. The largest absolute Gasteiger partial charge is 0.382 e. The van der Waals surface area contributed by atoms with E-state index < -0.39 is 0 Å². The molecule has 24 heavy (non-hydrogen) atoms. The van der Waals surface area contributed by atoms with Gasteiger partial charge in [-0.25, -0.2) is 15.0 Å². The summed E-state index contributed by atoms with van der Waals surface area (Å²) in [6.45, 7) is 4.40. The molecule has 6 nitrogen and oxygen atoms in total. The normalized spacial score (nSPS) is 14.9. The van der Waals surface area contributed by atoms with Gasteiger partial charge in [-0.15, -0.1) is 0 Å². The summed E-state index contributed by atoms with van der Waals surface area (Å²) in [6.07, 6.45) is 7.68. The average molecular weight is 367 g/mol. The summed E-state index contributed by atoms with van der Waals surface area (Å²) in [4.78, 5) is 16.1. The molecule has 130 valence electrons. The zero-order valence-electron chi connectivity index (χ0n) is 13.9. The first-order valence-electron chi connectivity index (χ1n) is 7.86. The van der Waals surface area contributed by atoms with Crippen LogP contribution in [0, 0.1) is 5.92 Å². The van der Waals surface area contributed by atoms with Crippen LogP contribution in [0.25, 0.3) is 0 Å². The Labute approximate surface area is 152 Å². The zero-order chi connectivity index (χ0) is 17.5. The maximum absolute atomic E-state index is 6.15. The van der Waals surface area contributed by atoms with Crippen LogP contribution >= 0.6 is 23.4 Å². The lowest BCUT2D eigenvalue weighted by Crippen LogP contribution is -2.33. The molecule has 0 aliphatic carbocycles. The Morgan fingerprint density at radius 3 is 2.50 bits per heavy atom. The predicted octanol–water partition coefficient (Wildman–Crippen LogP) is 3.07. The van der Waals surface area contributed by atoms with Crippen molar-refractivity contribution in [3.63, 3.8) is 0 Å². The molecule has 2 aromatic heterocycles. The van der Waals surface area contributed by atoms with E-state index >= 15 is 0 Å². The van der Waals surface area contributed by atoms with Gasteiger partial charge in [-0.1, -0.05) is 30.3 Å². The number of hydrogen-bond donors (Lipinski definition) is 2. The molecule has 4 N–H and O–H groups in total. The third-order valence-corrected chi connectivity index (χ3v) is 5.31. The number of anilines is 2. The Hall–Kier alpha value is -1.57. The minimum Gasteiger partial charge on any atom is -0.382 e. The molecular weight excluding hydrogens is 344 g/mol. The van der Waals surface area contributed by atoms with E-state index in [1.165, 1.54) is 31.7 Å². The topological polar surface area (TPSA) is 94.0 Å². The molecule has 2 aromatic rings. The fourth-order valence-corrected chi connectivity index (χ4v) is 3.38. The van der Waals surface area contributed by atoms with Crippen molar-refractivity contribution in [3.05, 3.63) is 29.7 Å². The minimum atomic E-state index is 0.332. The lowest BCUT2D eigenvalue weighted by molar-refractivity contribution is 0.436. The van der Waals surface area contributed by atoms with Crippen molar-refractivity contribution in [1.29, 1.82) is 0 Å². The smallest absolute Gasteiger partial charge is 0.147 e. The molecule has 3 heterocycles. The number of rotatable bonds is 3. The molecule has 0 saturated carbocycles. The maximum Gasteiger partial charge on any atom is 0.147 e. The van der Waals surface area contributed by atoms with Crippen LogP contribution in [0.2, 0.25) is 5.02 Å². The fourth-order valence-electron chi connectivity index (χ4n) is 2.40. The van der Waals surface area contributed by atoms with E-state index in [4.69, 9.17) is 17.3 Å². The van der Waals surface area contributed by atoms with Crippen LogP contribution < -0.4 is 16.4 Å². The van der Waals surface area contributed by atoms with Crippen molar-refractivity contribution >= 4 is 35.0 Å². The minimum absolute atomic E-state index is 0.332. The van der Waals surface area contributed by atoms with Gasteiger partial charge in [0.15, 0.2) is 0 Å². The number of halogens is 1. The monoisotopic (exact) mass is 366 g/mol. The zero-order valence-corrected chi connectivity index (χ0v) is 15.5. The highest BCUT2D eigenvalue weighted by molar-refractivity contribution is 7.99. The lowest BCUT2D eigenvalue weighted by atomic mass is 9.99. The Balaban J connectivity index is 0.00000100. The van der Waals surface area contributed by atoms with E-state index in [1.807, 2.05) is 12.3 Å². The third-order valence-electron chi connectivity index (χ3n) is 3.82. The van der Waals surface area contributed by atoms with Gasteiger partial charge >= 0.3 is 0 Å². The molecule has 1 aliphatic rings. The van der Waals surface area contributed by atoms with Crippen molar-refractivity contribution < 1.29 is 0 Å². The van der Waals surface area contributed by atoms with Gasteiger partial charge in [0, 0.05) is 24.2 Å². The summed E-state index contributed by atoms with van der Waals surface area (Å²) in [6, 6.07) is 1.82. The van der Waals surface area contributed by atoms with Crippen molar-refractivity contribution in [2.75, 3.05) is 30.8 Å². The number of nitrogen functional groups attached to an aromatic ring is 1. The molecule has 1 fully saturated rings. The van der Waals surface area contributed by atoms with Gasteiger partial charge in [-0.05, 0) is 31.9 Å². The first kappa shape index (κ1) is 18.8. The highest BCUT2D eigenvalue weighted by atomic mass is 35.5. The molecule has 3 rings (SSSR count). The van der Waals surface area contributed by atoms with Crippen LogP contribution in [-0.2, 0) is 0 Å². The summed E-state index contributed by atoms with van der Waals surface area (Å²) >= 11 is 7.59. The number of pyridine rings is 1. The molecule has 1 saturated heterocycles. The molecule has 0 atom stereocenters. The van der Waals surface area contributed by atoms with Crippen LogP contribution in [0.3, 0.4) is 0 Å². The van der Waals surface area contributed by atoms with Crippen molar-refractivity contribution in [1.82, 2.24) is 15.0 Å². The molecular formula is C16H23ClN6S. The van der Waals surface area contributed by atoms with E-state index in [1.54, 1.807) is 12.4 Å². The van der Waals surface area contributed by atoms with Crippen LogP contribution in [0.4, 0.5) is 11.6 Å². The third kappa shape index (κ3) is 4.72. The predicted molar refractivity (Wildman–Crippen MR) is 101 cm³/mol. The second-order valence-electron chi connectivity index (χ2n) is 5.49. The molecule has 0 bridgehead atoms. The van der Waals surface area contributed by atoms with Crippen molar-refractivity contribution in [3.8, 4) is 0 Å². The second kappa shape index (κ2) is 9.05. The van der Waals surface area contributed by atoms with Crippen LogP contribution in [0.5, 0.6) is 0 Å². The van der Waals surface area contributed by atoms with Crippen LogP contribution in [-0.4, -0.2) is 35.1 Å². The van der Waals surface area contributed by atoms with E-state index in [-0.39, 0.29) is 0 Å². The first-order valence-corrected chi connectivity index (χ1v) is 9.05. The molecule has 0 unspecified atom stereocenters. The Kier molecular flexibility index (Phi) is 7.08. The Morgan fingerprint density at radius 2 is 1.88 bits per heavy atom. The summed E-state index contributed by atoms with van der Waals surface area (Å²) in [5.74, 6) is 2.08. The summed E-state index contributed by atoms with van der Waals surface area (Å²) in [7, 11) is 1.50. The number of aromatic nitrogens is 3.